The Labute approximate surface area is 407 Å². The van der Waals surface area contributed by atoms with E-state index in [0.29, 0.717) is 31.5 Å². The SMILES string of the molecule is C.CCCC(NC(=O)OC(C)(C)C)C(O)C(=O)NCC(=O)NC(c1ccccc1)c1nn[nH]n1.CCCC(NC(=O)OC(C)(C)C)C(O)C(=O)NCC(=O)O.Cl.NC(c1ccccc1)c1nn[nH]n1. The van der Waals surface area contributed by atoms with E-state index < -0.39 is 90.5 Å². The number of hydrogen-bond donors (Lipinski definition) is 11. The topological polar surface area (TPSA) is 377 Å². The van der Waals surface area contributed by atoms with Crippen LogP contribution in [0.5, 0.6) is 0 Å². The fourth-order valence-corrected chi connectivity index (χ4v) is 5.62. The van der Waals surface area contributed by atoms with Gasteiger partial charge < -0.3 is 57.1 Å². The van der Waals surface area contributed by atoms with Crippen molar-refractivity contribution in [1.29, 1.82) is 0 Å². The van der Waals surface area contributed by atoms with Crippen LogP contribution in [-0.2, 0) is 28.7 Å². The van der Waals surface area contributed by atoms with Crippen LogP contribution < -0.4 is 32.3 Å². The highest BCUT2D eigenvalue weighted by atomic mass is 35.5. The van der Waals surface area contributed by atoms with Gasteiger partial charge in [-0.15, -0.1) is 32.8 Å². The number of aromatic nitrogens is 8. The zero-order valence-corrected chi connectivity index (χ0v) is 40.1. The van der Waals surface area contributed by atoms with Gasteiger partial charge in [0.15, 0.2) is 18.0 Å². The first-order valence-electron chi connectivity index (χ1n) is 21.3. The maximum atomic E-state index is 12.5. The van der Waals surface area contributed by atoms with Crippen LogP contribution in [0.15, 0.2) is 60.7 Å². The molecular weight excluding hydrogens is 924 g/mol. The molecule has 6 unspecified atom stereocenters. The number of aliphatic hydroxyl groups excluding tert-OH is 2. The lowest BCUT2D eigenvalue weighted by Crippen LogP contribution is -2.52. The number of H-pyrrole nitrogens is 2. The lowest BCUT2D eigenvalue weighted by molar-refractivity contribution is -0.140. The van der Waals surface area contributed by atoms with Gasteiger partial charge in [0, 0.05) is 0 Å². The number of carboxylic acid groups (broad SMARTS) is 1. The predicted molar refractivity (Wildman–Crippen MR) is 253 cm³/mol. The Hall–Kier alpha value is -6.83. The predicted octanol–water partition coefficient (Wildman–Crippen LogP) is 2.12. The Morgan fingerprint density at radius 3 is 1.43 bits per heavy atom. The zero-order valence-electron chi connectivity index (χ0n) is 39.3. The number of rotatable bonds is 19. The van der Waals surface area contributed by atoms with Crippen molar-refractivity contribution in [3.8, 4) is 0 Å². The Balaban J connectivity index is 0.00000110. The summed E-state index contributed by atoms with van der Waals surface area (Å²) >= 11 is 0. The van der Waals surface area contributed by atoms with Gasteiger partial charge in [-0.3, -0.25) is 19.2 Å². The zero-order chi connectivity index (χ0) is 50.2. The number of benzene rings is 2. The number of aliphatic hydroxyl groups is 2. The molecule has 12 N–H and O–H groups in total. The van der Waals surface area contributed by atoms with Crippen molar-refractivity contribution < 1.29 is 53.6 Å². The van der Waals surface area contributed by atoms with Gasteiger partial charge in [-0.25, -0.2) is 9.59 Å². The van der Waals surface area contributed by atoms with Crippen LogP contribution >= 0.6 is 12.4 Å². The smallest absolute Gasteiger partial charge is 0.407 e. The number of nitrogens with zero attached hydrogens (tertiary/aromatic N) is 6. The monoisotopic (exact) mass is 992 g/mol. The second-order valence-corrected chi connectivity index (χ2v) is 16.6. The van der Waals surface area contributed by atoms with Crippen LogP contribution in [-0.4, -0.2) is 141 Å². The minimum absolute atomic E-state index is 0. The number of halogens is 1. The number of carbonyl (C=O) groups is 6. The molecule has 2 heterocycles. The van der Waals surface area contributed by atoms with Crippen molar-refractivity contribution in [2.45, 2.75) is 136 Å². The third kappa shape index (κ3) is 24.7. The first-order valence-corrected chi connectivity index (χ1v) is 21.3. The van der Waals surface area contributed by atoms with Crippen LogP contribution in [0.4, 0.5) is 9.59 Å². The third-order valence-corrected chi connectivity index (χ3v) is 8.60. The number of nitrogens with one attached hydrogen (secondary N) is 7. The molecule has 384 valence electrons. The molecule has 0 bridgehead atoms. The van der Waals surface area contributed by atoms with E-state index in [1.165, 1.54) is 0 Å². The molecule has 2 aromatic heterocycles. The molecule has 69 heavy (non-hydrogen) atoms. The highest BCUT2D eigenvalue weighted by Gasteiger charge is 2.31. The largest absolute Gasteiger partial charge is 0.480 e. The lowest BCUT2D eigenvalue weighted by atomic mass is 10.1. The summed E-state index contributed by atoms with van der Waals surface area (Å²) in [5.74, 6) is -2.64. The van der Waals surface area contributed by atoms with E-state index in [1.54, 1.807) is 65.8 Å². The number of ether oxygens (including phenoxy) is 2. The summed E-state index contributed by atoms with van der Waals surface area (Å²) in [5, 5.41) is 68.1. The molecule has 26 heteroatoms. The Morgan fingerprint density at radius 1 is 0.652 bits per heavy atom. The van der Waals surface area contributed by atoms with Crippen molar-refractivity contribution in [1.82, 2.24) is 67.8 Å². The van der Waals surface area contributed by atoms with Crippen LogP contribution in [0.2, 0.25) is 0 Å². The van der Waals surface area contributed by atoms with Gasteiger partial charge in [0.05, 0.1) is 24.7 Å². The molecule has 0 aliphatic heterocycles. The summed E-state index contributed by atoms with van der Waals surface area (Å²) in [6.07, 6.45) is -2.68. The second kappa shape index (κ2) is 31.3. The molecule has 2 aromatic carbocycles. The average molecular weight is 994 g/mol. The number of alkyl carbamates (subject to hydrolysis) is 2. The second-order valence-electron chi connectivity index (χ2n) is 16.6. The van der Waals surface area contributed by atoms with E-state index in [9.17, 15) is 39.0 Å². The molecule has 0 aliphatic rings. The number of aliphatic carboxylic acids is 1. The Bertz CT molecular complexity index is 2090. The van der Waals surface area contributed by atoms with Crippen molar-refractivity contribution in [3.05, 3.63) is 83.4 Å². The van der Waals surface area contributed by atoms with Crippen LogP contribution in [0.3, 0.4) is 0 Å². The molecule has 0 spiro atoms. The number of carboxylic acids is 1. The molecule has 0 fully saturated rings. The van der Waals surface area contributed by atoms with Crippen LogP contribution in [0.1, 0.15) is 123 Å². The quantitative estimate of drug-likeness (QED) is 0.0641. The fourth-order valence-electron chi connectivity index (χ4n) is 5.62. The summed E-state index contributed by atoms with van der Waals surface area (Å²) in [7, 11) is 0. The van der Waals surface area contributed by atoms with Gasteiger partial charge in [-0.1, -0.05) is 105 Å². The molecule has 4 aromatic rings. The number of amides is 5. The van der Waals surface area contributed by atoms with Crippen LogP contribution in [0, 0.1) is 0 Å². The summed E-state index contributed by atoms with van der Waals surface area (Å²) in [5.41, 5.74) is 6.16. The number of aromatic amines is 2. The molecular formula is C43H69ClN14O11. The number of tetrazole rings is 2. The van der Waals surface area contributed by atoms with Gasteiger partial charge >= 0.3 is 18.2 Å². The van der Waals surface area contributed by atoms with Crippen LogP contribution in [0.25, 0.3) is 0 Å². The number of carbonyl (C=O) groups excluding carboxylic acids is 5. The van der Waals surface area contributed by atoms with Crippen molar-refractivity contribution >= 4 is 48.3 Å². The van der Waals surface area contributed by atoms with Crippen molar-refractivity contribution in [2.24, 2.45) is 5.73 Å². The number of hydrogen-bond acceptors (Lipinski definition) is 17. The Kier molecular flexibility index (Phi) is 28.2. The first kappa shape index (κ1) is 62.2. The van der Waals surface area contributed by atoms with Crippen molar-refractivity contribution in [3.63, 3.8) is 0 Å². The average Bonchev–Trinajstić information content (AvgIpc) is 4.02. The minimum Gasteiger partial charge on any atom is -0.480 e. The van der Waals surface area contributed by atoms with Gasteiger partial charge in [0.2, 0.25) is 11.7 Å². The molecule has 0 radical (unpaired) electrons. The van der Waals surface area contributed by atoms with E-state index in [4.69, 9.17) is 20.3 Å². The van der Waals surface area contributed by atoms with Gasteiger partial charge in [-0.2, -0.15) is 10.4 Å². The van der Waals surface area contributed by atoms with Crippen molar-refractivity contribution in [2.75, 3.05) is 13.1 Å². The van der Waals surface area contributed by atoms with E-state index in [-0.39, 0.29) is 31.7 Å². The van der Waals surface area contributed by atoms with E-state index in [2.05, 4.69) is 67.8 Å². The number of nitrogens with two attached hydrogens (primary N) is 1. The van der Waals surface area contributed by atoms with E-state index in [0.717, 1.165) is 11.1 Å². The summed E-state index contributed by atoms with van der Waals surface area (Å²) in [4.78, 5) is 70.6. The third-order valence-electron chi connectivity index (χ3n) is 8.60. The highest BCUT2D eigenvalue weighted by Crippen LogP contribution is 2.18. The molecule has 0 saturated heterocycles. The lowest BCUT2D eigenvalue weighted by Gasteiger charge is -2.26. The molecule has 5 amide bonds. The first-order chi connectivity index (χ1) is 31.5. The fraction of sp³-hybridized carbons (Fsp3) is 0.535. The molecule has 0 aliphatic carbocycles. The normalized spacial score (nSPS) is 13.3. The Morgan fingerprint density at radius 2 is 1.06 bits per heavy atom. The summed E-state index contributed by atoms with van der Waals surface area (Å²) < 4.78 is 10.2. The maximum Gasteiger partial charge on any atom is 0.407 e. The molecule has 6 atom stereocenters. The van der Waals surface area contributed by atoms with Gasteiger partial charge in [-0.05, 0) is 65.5 Å². The van der Waals surface area contributed by atoms with Gasteiger partial charge in [0.1, 0.15) is 23.8 Å². The van der Waals surface area contributed by atoms with E-state index in [1.807, 2.05) is 50.2 Å². The molecule has 25 nitrogen and oxygen atoms in total. The standard InChI is InChI=1S/C21H31N7O5.C13H24N2O6.C8H9N5.CH4.ClH/c1-5-9-14(23-20(32)33-21(2,3)4)17(30)19(31)22-12-15(29)24-16(18-25-27-28-26-18)13-10-7-6-8-11-13;1-5-6-8(15-12(20)21-13(2,3)4)10(18)11(19)14-7-9(16)17;9-7(8-10-12-13-11-8)6-4-2-1-3-5-6;;/h6-8,10-11,14,16-17,30H,5,9,12H2,1-4H3,(H,22,31)(H,23,32)(H,24,29)(H,25,26,27,28);8,10,18H,5-7H2,1-4H3,(H,14,19)(H,15,20)(H,16,17);1-5,7H,9H2,(H,10,11,12,13);1H4;1H. The molecule has 0 saturated carbocycles. The summed E-state index contributed by atoms with van der Waals surface area (Å²) in [6.45, 7) is 12.9. The molecule has 4 rings (SSSR count). The highest BCUT2D eigenvalue weighted by molar-refractivity contribution is 5.88. The van der Waals surface area contributed by atoms with E-state index >= 15 is 0 Å². The minimum atomic E-state index is -1.56. The maximum absolute atomic E-state index is 12.5. The van der Waals surface area contributed by atoms with Gasteiger partial charge in [0.25, 0.3) is 11.8 Å². The summed E-state index contributed by atoms with van der Waals surface area (Å²) in [6, 6.07) is 16.0.